The summed E-state index contributed by atoms with van der Waals surface area (Å²) in [6.07, 6.45) is -0.748. The topological polar surface area (TPSA) is 96.0 Å². The van der Waals surface area contributed by atoms with Gasteiger partial charge < -0.3 is 29.5 Å². The summed E-state index contributed by atoms with van der Waals surface area (Å²) in [7, 11) is 1.35. The van der Waals surface area contributed by atoms with Crippen molar-refractivity contribution in [1.82, 2.24) is 4.98 Å². The number of hydrogen-bond acceptors (Lipinski definition) is 8. The number of nitrogens with one attached hydrogen (secondary N) is 2. The highest BCUT2D eigenvalue weighted by Crippen LogP contribution is 2.54. The number of benzene rings is 1. The molecule has 1 aromatic carbocycles. The molecule has 0 bridgehead atoms. The molecule has 1 amide bonds. The van der Waals surface area contributed by atoms with Gasteiger partial charge in [-0.1, -0.05) is 11.9 Å². The molecule has 2 fully saturated rings. The van der Waals surface area contributed by atoms with Crippen LogP contribution in [0, 0.1) is 5.41 Å². The van der Waals surface area contributed by atoms with Crippen molar-refractivity contribution in [2.24, 2.45) is 5.41 Å². The lowest BCUT2D eigenvalue weighted by molar-refractivity contribution is -0.139. The van der Waals surface area contributed by atoms with E-state index in [-0.39, 0.29) is 23.9 Å². The number of carbonyl (C=O) groups is 1. The van der Waals surface area contributed by atoms with Crippen LogP contribution in [0.15, 0.2) is 30.3 Å². The molecule has 37 heavy (non-hydrogen) atoms. The van der Waals surface area contributed by atoms with E-state index in [0.717, 1.165) is 37.3 Å². The smallest absolute Gasteiger partial charge is 0.392 e. The Morgan fingerprint density at radius 1 is 1.19 bits per heavy atom. The van der Waals surface area contributed by atoms with Gasteiger partial charge in [-0.25, -0.2) is 4.98 Å². The Balaban J connectivity index is 1.51. The number of aliphatic hydroxyl groups excluding tert-OH is 1. The van der Waals surface area contributed by atoms with Crippen molar-refractivity contribution < 1.29 is 32.5 Å². The van der Waals surface area contributed by atoms with Gasteiger partial charge in [0.15, 0.2) is 5.75 Å². The van der Waals surface area contributed by atoms with Gasteiger partial charge in [-0.3, -0.25) is 4.79 Å². The van der Waals surface area contributed by atoms with Crippen molar-refractivity contribution in [3.8, 4) is 11.6 Å². The third-order valence-electron chi connectivity index (χ3n) is 6.65. The Labute approximate surface area is 218 Å². The predicted molar refractivity (Wildman–Crippen MR) is 138 cm³/mol. The molecule has 1 spiro atoms. The van der Waals surface area contributed by atoms with Gasteiger partial charge in [0.25, 0.3) is 11.8 Å². The summed E-state index contributed by atoms with van der Waals surface area (Å²) in [4.78, 5) is 19.5. The Bertz CT molecular complexity index is 1090. The van der Waals surface area contributed by atoms with Gasteiger partial charge in [0, 0.05) is 24.5 Å². The van der Waals surface area contributed by atoms with Crippen molar-refractivity contribution >= 4 is 34.9 Å². The van der Waals surface area contributed by atoms with E-state index < -0.39 is 25.1 Å². The van der Waals surface area contributed by atoms with Crippen molar-refractivity contribution in [3.63, 3.8) is 0 Å². The van der Waals surface area contributed by atoms with Crippen molar-refractivity contribution in [3.05, 3.63) is 36.0 Å². The number of aliphatic hydroxyl groups is 1. The largest absolute Gasteiger partial charge is 0.491 e. The van der Waals surface area contributed by atoms with Gasteiger partial charge in [0.1, 0.15) is 5.69 Å². The normalized spacial score (nSPS) is 16.4. The SMILES string of the molecule is COc1ccc(C(=O)Nc2ccc(NSCCO)cc2N2CCC3(CC2)CC3)nc1OCCC(F)(F)F. The summed E-state index contributed by atoms with van der Waals surface area (Å²) >= 11 is 1.39. The lowest BCUT2D eigenvalue weighted by Gasteiger charge is -2.35. The molecule has 2 aromatic rings. The number of rotatable bonds is 11. The summed E-state index contributed by atoms with van der Waals surface area (Å²) in [6.45, 7) is 1.19. The minimum atomic E-state index is -4.37. The number of ether oxygens (including phenoxy) is 2. The summed E-state index contributed by atoms with van der Waals surface area (Å²) in [5, 5.41) is 12.0. The van der Waals surface area contributed by atoms with Crippen LogP contribution in [0.1, 0.15) is 42.6 Å². The lowest BCUT2D eigenvalue weighted by atomic mass is 9.93. The first-order valence-corrected chi connectivity index (χ1v) is 13.1. The van der Waals surface area contributed by atoms with E-state index in [1.54, 1.807) is 6.07 Å². The summed E-state index contributed by atoms with van der Waals surface area (Å²) in [6, 6.07) is 8.49. The second kappa shape index (κ2) is 11.7. The van der Waals surface area contributed by atoms with E-state index in [1.165, 1.54) is 44.0 Å². The Morgan fingerprint density at radius 3 is 2.59 bits per heavy atom. The van der Waals surface area contributed by atoms with E-state index in [1.807, 2.05) is 12.1 Å². The number of hydrogen-bond donors (Lipinski definition) is 3. The minimum Gasteiger partial charge on any atom is -0.491 e. The molecule has 1 saturated heterocycles. The molecule has 3 N–H and O–H groups in total. The van der Waals surface area contributed by atoms with Crippen LogP contribution in [0.4, 0.5) is 30.2 Å². The number of anilines is 3. The Kier molecular flexibility index (Phi) is 8.58. The lowest BCUT2D eigenvalue weighted by Crippen LogP contribution is -2.35. The highest BCUT2D eigenvalue weighted by molar-refractivity contribution is 8.00. The average molecular weight is 541 g/mol. The summed E-state index contributed by atoms with van der Waals surface area (Å²) in [5.41, 5.74) is 2.80. The molecule has 2 aliphatic rings. The molecule has 2 heterocycles. The molecular weight excluding hydrogens is 509 g/mol. The maximum atomic E-state index is 13.1. The molecule has 4 rings (SSSR count). The molecule has 0 atom stereocenters. The van der Waals surface area contributed by atoms with E-state index in [2.05, 4.69) is 19.9 Å². The second-order valence-electron chi connectivity index (χ2n) is 9.26. The zero-order chi connectivity index (χ0) is 26.5. The Morgan fingerprint density at radius 2 is 1.95 bits per heavy atom. The van der Waals surface area contributed by atoms with Crippen molar-refractivity contribution in [1.29, 1.82) is 0 Å². The first-order chi connectivity index (χ1) is 17.7. The molecule has 12 heteroatoms. The number of alkyl halides is 3. The second-order valence-corrected chi connectivity index (χ2v) is 10.2. The number of halogens is 3. The first kappa shape index (κ1) is 27.2. The molecule has 1 aliphatic heterocycles. The van der Waals surface area contributed by atoms with E-state index in [9.17, 15) is 18.0 Å². The molecule has 1 aromatic heterocycles. The standard InChI is InChI=1S/C25H31F3N4O4S/c1-35-21-5-4-19(30-23(21)36-14-10-25(26,27)28)22(34)29-18-3-2-17(31-37-15-13-33)16-20(18)32-11-8-24(6-7-24)9-12-32/h2-5,16,31,33H,6-15H2,1H3,(H,29,34). The third-order valence-corrected chi connectivity index (χ3v) is 7.42. The van der Waals surface area contributed by atoms with E-state index in [4.69, 9.17) is 14.6 Å². The average Bonchev–Trinajstić information content (AvgIpc) is 3.63. The van der Waals surface area contributed by atoms with Gasteiger partial charge in [0.2, 0.25) is 0 Å². The van der Waals surface area contributed by atoms with Crippen LogP contribution >= 0.6 is 11.9 Å². The van der Waals surface area contributed by atoms with Crippen LogP contribution in [0.5, 0.6) is 11.6 Å². The minimum absolute atomic E-state index is 0.00922. The predicted octanol–water partition coefficient (Wildman–Crippen LogP) is 5.11. The van der Waals surface area contributed by atoms with Crippen LogP contribution in [-0.2, 0) is 0 Å². The summed E-state index contributed by atoms with van der Waals surface area (Å²) in [5.74, 6) is -0.0182. The van der Waals surface area contributed by atoms with Gasteiger partial charge >= 0.3 is 6.18 Å². The highest BCUT2D eigenvalue weighted by atomic mass is 32.2. The van der Waals surface area contributed by atoms with E-state index in [0.29, 0.717) is 16.9 Å². The van der Waals surface area contributed by atoms with Gasteiger partial charge in [-0.2, -0.15) is 13.2 Å². The molecule has 8 nitrogen and oxygen atoms in total. The van der Waals surface area contributed by atoms with Crippen LogP contribution in [0.3, 0.4) is 0 Å². The van der Waals surface area contributed by atoms with Gasteiger partial charge in [-0.15, -0.1) is 0 Å². The van der Waals surface area contributed by atoms with Crippen LogP contribution in [0.2, 0.25) is 0 Å². The van der Waals surface area contributed by atoms with E-state index >= 15 is 0 Å². The fraction of sp³-hybridized carbons (Fsp3) is 0.520. The van der Waals surface area contributed by atoms with Gasteiger partial charge in [-0.05, 0) is 61.4 Å². The maximum Gasteiger partial charge on any atom is 0.392 e. The number of aromatic nitrogens is 1. The fourth-order valence-electron chi connectivity index (χ4n) is 4.30. The summed E-state index contributed by atoms with van der Waals surface area (Å²) < 4.78 is 51.1. The first-order valence-electron chi connectivity index (χ1n) is 12.2. The molecule has 1 aliphatic carbocycles. The number of carbonyl (C=O) groups excluding carboxylic acids is 1. The Hall–Kier alpha value is -2.86. The maximum absolute atomic E-state index is 13.1. The van der Waals surface area contributed by atoms with Crippen LogP contribution < -0.4 is 24.4 Å². The monoisotopic (exact) mass is 540 g/mol. The quantitative estimate of drug-likeness (QED) is 0.268. The zero-order valence-corrected chi connectivity index (χ0v) is 21.4. The van der Waals surface area contributed by atoms with Gasteiger partial charge in [0.05, 0.1) is 38.1 Å². The molecule has 0 unspecified atom stereocenters. The molecule has 0 radical (unpaired) electrons. The number of nitrogens with zero attached hydrogens (tertiary/aromatic N) is 2. The third kappa shape index (κ3) is 7.35. The van der Waals surface area contributed by atoms with Crippen molar-refractivity contribution in [2.75, 3.05) is 54.1 Å². The number of amides is 1. The fourth-order valence-corrected chi connectivity index (χ4v) is 4.79. The molecular formula is C25H31F3N4O4S. The zero-order valence-electron chi connectivity index (χ0n) is 20.6. The number of pyridine rings is 1. The number of piperidine rings is 1. The molecule has 202 valence electrons. The molecule has 1 saturated carbocycles. The van der Waals surface area contributed by atoms with Crippen LogP contribution in [-0.4, -0.2) is 61.3 Å². The number of methoxy groups -OCH3 is 1. The van der Waals surface area contributed by atoms with Crippen LogP contribution in [0.25, 0.3) is 0 Å². The van der Waals surface area contributed by atoms with Crippen molar-refractivity contribution in [2.45, 2.75) is 38.3 Å². The highest BCUT2D eigenvalue weighted by Gasteiger charge is 2.44.